The van der Waals surface area contributed by atoms with Gasteiger partial charge < -0.3 is 8.80 Å². The fraction of sp³-hybridized carbons (Fsp3) is 0.0930. The predicted octanol–water partition coefficient (Wildman–Crippen LogP) is 23.9. The molecule has 0 saturated heterocycles. The van der Waals surface area contributed by atoms with Crippen molar-refractivity contribution in [3.8, 4) is 89.0 Å². The van der Waals surface area contributed by atoms with Crippen molar-refractivity contribution in [2.75, 3.05) is 0 Å². The van der Waals surface area contributed by atoms with Crippen LogP contribution >= 0.6 is 0 Å². The maximum absolute atomic E-state index is 2.59. The molecule has 2 nitrogen and oxygen atoms in total. The van der Waals surface area contributed by atoms with Gasteiger partial charge in [0, 0.05) is 43.1 Å². The topological polar surface area (TPSA) is 8.82 Å². The molecule has 418 valence electrons. The third-order valence-corrected chi connectivity index (χ3v) is 19.1. The Kier molecular flexibility index (Phi) is 11.5. The number of nitrogens with zero attached hydrogens (tertiary/aromatic N) is 2. The van der Waals surface area contributed by atoms with Gasteiger partial charge >= 0.3 is 0 Å². The van der Waals surface area contributed by atoms with Gasteiger partial charge in [-0.15, -0.1) is 0 Å². The van der Waals surface area contributed by atoms with Crippen molar-refractivity contribution in [3.05, 3.63) is 290 Å². The van der Waals surface area contributed by atoms with Crippen LogP contribution in [0.25, 0.3) is 165 Å². The van der Waals surface area contributed by atoms with Gasteiger partial charge in [-0.3, -0.25) is 0 Å². The smallest absolute Gasteiger partial charge is 0.0634 e. The molecule has 0 aliphatic heterocycles. The highest BCUT2D eigenvalue weighted by Crippen LogP contribution is 2.54. The molecule has 0 atom stereocenters. The fourth-order valence-corrected chi connectivity index (χ4v) is 14.8. The zero-order chi connectivity index (χ0) is 59.2. The molecule has 2 heteroatoms. The zero-order valence-electron chi connectivity index (χ0n) is 50.5. The lowest BCUT2D eigenvalue weighted by Gasteiger charge is -2.21. The highest BCUT2D eigenvalue weighted by molar-refractivity contribution is 6.45. The van der Waals surface area contributed by atoms with Gasteiger partial charge in [-0.2, -0.15) is 0 Å². The lowest BCUT2D eigenvalue weighted by molar-refractivity contribution is 0.590. The first-order valence-electron chi connectivity index (χ1n) is 31.1. The van der Waals surface area contributed by atoms with E-state index < -0.39 is 0 Å². The summed E-state index contributed by atoms with van der Waals surface area (Å²) in [6.07, 6.45) is 0. The fourth-order valence-electron chi connectivity index (χ4n) is 14.8. The van der Waals surface area contributed by atoms with Crippen LogP contribution in [0.15, 0.2) is 279 Å². The average Bonchev–Trinajstić information content (AvgIpc) is 1.49. The lowest BCUT2D eigenvalue weighted by Crippen LogP contribution is -2.10. The molecule has 0 radical (unpaired) electrons. The van der Waals surface area contributed by atoms with Crippen molar-refractivity contribution in [1.29, 1.82) is 0 Å². The summed E-state index contributed by atoms with van der Waals surface area (Å²) in [6, 6.07) is 105. The van der Waals surface area contributed by atoms with Crippen molar-refractivity contribution < 1.29 is 0 Å². The number of aromatic nitrogens is 2. The third kappa shape index (κ3) is 7.95. The van der Waals surface area contributed by atoms with Crippen molar-refractivity contribution in [3.63, 3.8) is 0 Å². The maximum Gasteiger partial charge on any atom is 0.0634 e. The predicted molar refractivity (Wildman–Crippen MR) is 377 cm³/mol. The van der Waals surface area contributed by atoms with E-state index in [0.717, 1.165) is 0 Å². The Morgan fingerprint density at radius 3 is 0.807 bits per heavy atom. The van der Waals surface area contributed by atoms with E-state index in [4.69, 9.17) is 0 Å². The largest absolute Gasteiger partial charge is 0.308 e. The number of para-hydroxylation sites is 2. The second-order valence-electron chi connectivity index (χ2n) is 26.4. The van der Waals surface area contributed by atoms with E-state index in [2.05, 4.69) is 329 Å². The zero-order valence-corrected chi connectivity index (χ0v) is 50.5. The quantitative estimate of drug-likeness (QED) is 0.143. The Labute approximate surface area is 513 Å². The first kappa shape index (κ1) is 51.8. The van der Waals surface area contributed by atoms with Crippen LogP contribution in [-0.2, 0) is 10.8 Å². The van der Waals surface area contributed by atoms with Gasteiger partial charge in [0.25, 0.3) is 0 Å². The molecule has 0 aliphatic carbocycles. The molecule has 13 aromatic carbocycles. The monoisotopic (exact) mass is 1120 g/mol. The summed E-state index contributed by atoms with van der Waals surface area (Å²) in [6.45, 7) is 13.7. The second-order valence-corrected chi connectivity index (χ2v) is 26.4. The van der Waals surface area contributed by atoms with Crippen LogP contribution in [0.5, 0.6) is 0 Å². The van der Waals surface area contributed by atoms with Crippen LogP contribution in [-0.4, -0.2) is 8.80 Å². The van der Waals surface area contributed by atoms with Gasteiger partial charge in [0.1, 0.15) is 0 Å². The van der Waals surface area contributed by atoms with Gasteiger partial charge in [0.05, 0.1) is 33.1 Å². The van der Waals surface area contributed by atoms with E-state index in [1.165, 1.54) is 176 Å². The number of benzene rings is 13. The van der Waals surface area contributed by atoms with Crippen molar-refractivity contribution in [1.82, 2.24) is 8.80 Å². The SMILES string of the molecule is CC(C)(C)c1ccc(-c2cc(-c3ccccc3)c(-c3ccc4c(c3)c3c5c6ccccc6n6c7ccc(-c8c(-c9ccccc9)cc(-c9ccc(C(C)(C)C)cc9)cc8-c8ccccc8)cc7c(c7c8ccccc8n4c73)c56)c(-c3ccccc3)c2)cc1. The average molecular weight is 1130 g/mol. The number of hydrogen-bond donors (Lipinski definition) is 0. The van der Waals surface area contributed by atoms with Crippen molar-refractivity contribution in [2.45, 2.75) is 52.4 Å². The number of fused-ring (bicyclic) bond motifs is 14. The van der Waals surface area contributed by atoms with Crippen LogP contribution in [0.3, 0.4) is 0 Å². The highest BCUT2D eigenvalue weighted by atomic mass is 14.9. The number of hydrogen-bond acceptors (Lipinski definition) is 0. The standard InChI is InChI=1S/C86H64N2/c1-85(2,3)63-41-35-53(36-42-63)61-49-67(55-23-11-7-12-24-55)77(68(50-61)56-25-13-8-14-26-56)59-39-45-75-71(47-59)81-79-65-31-19-22-34-74(65)88-76-46-40-60(48-72(76)82(84(79)88)80-66-32-20-21-33-73(66)87(75)83(80)81)78-69(57-27-15-9-16-28-57)51-62(52-70(78)58-29-17-10-18-30-58)54-37-43-64(44-38-54)86(4,5)6/h7-52H,1-6H3. The maximum atomic E-state index is 2.59. The van der Waals surface area contributed by atoms with E-state index >= 15 is 0 Å². The summed E-state index contributed by atoms with van der Waals surface area (Å²) in [7, 11) is 0. The minimum absolute atomic E-state index is 0.0555. The van der Waals surface area contributed by atoms with Gasteiger partial charge in [0.15, 0.2) is 0 Å². The third-order valence-electron chi connectivity index (χ3n) is 19.1. The Hall–Kier alpha value is -10.5. The summed E-state index contributed by atoms with van der Waals surface area (Å²) in [5.74, 6) is 0. The number of rotatable bonds is 8. The van der Waals surface area contributed by atoms with Crippen LogP contribution in [0.2, 0.25) is 0 Å². The Morgan fingerprint density at radius 2 is 0.489 bits per heavy atom. The molecular weight excluding hydrogens is 1060 g/mol. The molecule has 0 aliphatic rings. The molecule has 0 N–H and O–H groups in total. The molecule has 0 bridgehead atoms. The van der Waals surface area contributed by atoms with Gasteiger partial charge in [0.2, 0.25) is 0 Å². The van der Waals surface area contributed by atoms with E-state index in [9.17, 15) is 0 Å². The molecule has 88 heavy (non-hydrogen) atoms. The van der Waals surface area contributed by atoms with Crippen molar-refractivity contribution >= 4 is 76.2 Å². The summed E-state index contributed by atoms with van der Waals surface area (Å²) in [5.41, 5.74) is 29.4. The lowest BCUT2D eigenvalue weighted by atomic mass is 9.83. The first-order valence-corrected chi connectivity index (χ1v) is 31.1. The molecule has 0 amide bonds. The van der Waals surface area contributed by atoms with Crippen LogP contribution in [0.4, 0.5) is 0 Å². The van der Waals surface area contributed by atoms with E-state index in [1.807, 2.05) is 0 Å². The summed E-state index contributed by atoms with van der Waals surface area (Å²) in [4.78, 5) is 0. The Balaban J connectivity index is 0.962. The second kappa shape index (κ2) is 19.5. The molecule has 0 fully saturated rings. The van der Waals surface area contributed by atoms with E-state index in [-0.39, 0.29) is 10.8 Å². The summed E-state index contributed by atoms with van der Waals surface area (Å²) < 4.78 is 5.19. The minimum Gasteiger partial charge on any atom is -0.308 e. The van der Waals surface area contributed by atoms with Gasteiger partial charge in [-0.1, -0.05) is 260 Å². The minimum atomic E-state index is 0.0555. The first-order chi connectivity index (χ1) is 42.9. The molecule has 0 spiro atoms. The normalized spacial score (nSPS) is 12.4. The highest BCUT2D eigenvalue weighted by Gasteiger charge is 2.30. The van der Waals surface area contributed by atoms with Crippen LogP contribution < -0.4 is 0 Å². The molecule has 0 saturated carbocycles. The van der Waals surface area contributed by atoms with Crippen LogP contribution in [0.1, 0.15) is 52.7 Å². The molecule has 4 heterocycles. The summed E-state index contributed by atoms with van der Waals surface area (Å²) >= 11 is 0. The molecule has 0 unspecified atom stereocenters. The van der Waals surface area contributed by atoms with Gasteiger partial charge in [-0.05, 0) is 172 Å². The van der Waals surface area contributed by atoms with Crippen LogP contribution in [0, 0.1) is 0 Å². The molecule has 4 aromatic heterocycles. The Morgan fingerprint density at radius 1 is 0.216 bits per heavy atom. The summed E-state index contributed by atoms with van der Waals surface area (Å²) in [5, 5.41) is 10.2. The molecular formula is C86H64N2. The van der Waals surface area contributed by atoms with Crippen molar-refractivity contribution in [2.24, 2.45) is 0 Å². The van der Waals surface area contributed by atoms with Gasteiger partial charge in [-0.25, -0.2) is 0 Å². The molecule has 17 aromatic rings. The molecule has 17 rings (SSSR count). The Bertz CT molecular complexity index is 5090. The van der Waals surface area contributed by atoms with E-state index in [1.54, 1.807) is 0 Å². The van der Waals surface area contributed by atoms with E-state index in [0.29, 0.717) is 0 Å².